The van der Waals surface area contributed by atoms with Crippen molar-refractivity contribution in [3.05, 3.63) is 60.8 Å². The Morgan fingerprint density at radius 2 is 0.565 bits per heavy atom. The van der Waals surface area contributed by atoms with Crippen LogP contribution in [0.1, 0.15) is 303 Å². The Morgan fingerprint density at radius 3 is 0.913 bits per heavy atom. The highest BCUT2D eigenvalue weighted by molar-refractivity contribution is 5.71. The van der Waals surface area contributed by atoms with Gasteiger partial charge >= 0.3 is 17.9 Å². The minimum atomic E-state index is -0.784. The van der Waals surface area contributed by atoms with Crippen LogP contribution < -0.4 is 0 Å². The molecule has 1 atom stereocenters. The second-order valence-electron chi connectivity index (χ2n) is 19.9. The van der Waals surface area contributed by atoms with Crippen LogP contribution in [-0.4, -0.2) is 37.2 Å². The standard InChI is InChI=1S/C63H112O6/c1-4-7-10-13-16-19-22-25-28-29-30-31-32-33-36-38-41-44-47-50-53-56-62(65)68-59-60(69-63(66)57-54-51-48-45-42-39-35-27-24-21-18-15-12-9-6-3)58-67-61(64)55-52-49-46-43-40-37-34-26-23-20-17-14-11-8-5-2/h8,11,17,20-21,24-26,28,34,60H,4-7,9-10,12-16,18-19,22-23,27,29-33,35-59H2,1-3H3/b11-8-,20-17-,24-21-,28-25-,34-26-/t60-/m1/s1. The summed E-state index contributed by atoms with van der Waals surface area (Å²) in [6.45, 7) is 6.52. The fourth-order valence-corrected chi connectivity index (χ4v) is 8.51. The molecular formula is C63H112O6. The van der Waals surface area contributed by atoms with Crippen LogP contribution in [-0.2, 0) is 28.6 Å². The maximum Gasteiger partial charge on any atom is 0.306 e. The zero-order valence-corrected chi connectivity index (χ0v) is 45.8. The fourth-order valence-electron chi connectivity index (χ4n) is 8.51. The molecule has 0 saturated carbocycles. The lowest BCUT2D eigenvalue weighted by molar-refractivity contribution is -0.167. The molecule has 6 nitrogen and oxygen atoms in total. The smallest absolute Gasteiger partial charge is 0.306 e. The molecule has 400 valence electrons. The van der Waals surface area contributed by atoms with Crippen LogP contribution in [0.3, 0.4) is 0 Å². The summed E-state index contributed by atoms with van der Waals surface area (Å²) in [4.78, 5) is 38.2. The SMILES string of the molecule is CC/C=C\C/C=C\C/C=C\CCCCCCCC(=O)OC[C@H](COC(=O)CCCCCCCCCCCCC/C=C\CCCCCCCC)OC(=O)CCCCCCCCC/C=C\CCCCCC. The number of hydrogen-bond donors (Lipinski definition) is 0. The van der Waals surface area contributed by atoms with Gasteiger partial charge < -0.3 is 14.2 Å². The van der Waals surface area contributed by atoms with Crippen LogP contribution in [0.4, 0.5) is 0 Å². The van der Waals surface area contributed by atoms with Crippen LogP contribution in [0, 0.1) is 0 Å². The van der Waals surface area contributed by atoms with Crippen molar-refractivity contribution in [2.75, 3.05) is 13.2 Å². The Morgan fingerprint density at radius 1 is 0.304 bits per heavy atom. The predicted octanol–water partition coefficient (Wildman–Crippen LogP) is 20.0. The predicted molar refractivity (Wildman–Crippen MR) is 298 cm³/mol. The fraction of sp³-hybridized carbons (Fsp3) is 0.794. The normalized spacial score (nSPS) is 12.4. The number of hydrogen-bond acceptors (Lipinski definition) is 6. The number of carbonyl (C=O) groups excluding carboxylic acids is 3. The van der Waals surface area contributed by atoms with E-state index in [4.69, 9.17) is 14.2 Å². The maximum absolute atomic E-state index is 12.9. The molecule has 0 aliphatic heterocycles. The third-order valence-corrected chi connectivity index (χ3v) is 13.0. The van der Waals surface area contributed by atoms with Gasteiger partial charge in [0.2, 0.25) is 0 Å². The summed E-state index contributed by atoms with van der Waals surface area (Å²) in [6.07, 6.45) is 72.1. The van der Waals surface area contributed by atoms with Crippen LogP contribution >= 0.6 is 0 Å². The molecule has 0 amide bonds. The van der Waals surface area contributed by atoms with E-state index < -0.39 is 6.10 Å². The minimum Gasteiger partial charge on any atom is -0.462 e. The summed E-state index contributed by atoms with van der Waals surface area (Å²) in [6, 6.07) is 0. The van der Waals surface area contributed by atoms with Gasteiger partial charge in [0.05, 0.1) is 0 Å². The van der Waals surface area contributed by atoms with Crippen LogP contribution in [0.2, 0.25) is 0 Å². The van der Waals surface area contributed by atoms with Crippen molar-refractivity contribution in [3.63, 3.8) is 0 Å². The van der Waals surface area contributed by atoms with Crippen molar-refractivity contribution in [3.8, 4) is 0 Å². The Bertz CT molecular complexity index is 1250. The molecule has 0 fully saturated rings. The molecule has 0 heterocycles. The first kappa shape index (κ1) is 66.1. The third-order valence-electron chi connectivity index (χ3n) is 13.0. The summed E-state index contributed by atoms with van der Waals surface area (Å²) in [5.74, 6) is -0.891. The summed E-state index contributed by atoms with van der Waals surface area (Å²) in [7, 11) is 0. The van der Waals surface area contributed by atoms with Crippen molar-refractivity contribution >= 4 is 17.9 Å². The molecule has 0 bridgehead atoms. The van der Waals surface area contributed by atoms with E-state index in [1.54, 1.807) is 0 Å². The minimum absolute atomic E-state index is 0.0805. The summed E-state index contributed by atoms with van der Waals surface area (Å²) < 4.78 is 16.9. The molecule has 0 aliphatic rings. The van der Waals surface area contributed by atoms with E-state index in [2.05, 4.69) is 81.5 Å². The highest BCUT2D eigenvalue weighted by atomic mass is 16.6. The summed E-state index contributed by atoms with van der Waals surface area (Å²) >= 11 is 0. The van der Waals surface area contributed by atoms with Gasteiger partial charge in [-0.2, -0.15) is 0 Å². The van der Waals surface area contributed by atoms with E-state index in [9.17, 15) is 14.4 Å². The van der Waals surface area contributed by atoms with Gasteiger partial charge in [0.1, 0.15) is 13.2 Å². The van der Waals surface area contributed by atoms with E-state index in [1.165, 1.54) is 167 Å². The number of ether oxygens (including phenoxy) is 3. The molecule has 69 heavy (non-hydrogen) atoms. The van der Waals surface area contributed by atoms with E-state index in [0.717, 1.165) is 96.3 Å². The molecule has 0 aromatic heterocycles. The van der Waals surface area contributed by atoms with Gasteiger partial charge in [-0.1, -0.05) is 242 Å². The Balaban J connectivity index is 4.34. The molecule has 0 N–H and O–H groups in total. The lowest BCUT2D eigenvalue weighted by Crippen LogP contribution is -2.30. The van der Waals surface area contributed by atoms with Gasteiger partial charge in [0.15, 0.2) is 6.10 Å². The zero-order chi connectivity index (χ0) is 50.0. The highest BCUT2D eigenvalue weighted by Gasteiger charge is 2.19. The van der Waals surface area contributed by atoms with Gasteiger partial charge in [-0.15, -0.1) is 0 Å². The van der Waals surface area contributed by atoms with Gasteiger partial charge in [-0.05, 0) is 103 Å². The number of esters is 3. The summed E-state index contributed by atoms with van der Waals surface area (Å²) in [5.41, 5.74) is 0. The molecular weight excluding hydrogens is 853 g/mol. The third kappa shape index (κ3) is 55.9. The molecule has 0 spiro atoms. The zero-order valence-electron chi connectivity index (χ0n) is 45.8. The highest BCUT2D eigenvalue weighted by Crippen LogP contribution is 2.16. The lowest BCUT2D eigenvalue weighted by atomic mass is 10.0. The Kier molecular flexibility index (Phi) is 55.3. The maximum atomic E-state index is 12.9. The van der Waals surface area contributed by atoms with Gasteiger partial charge in [0, 0.05) is 19.3 Å². The van der Waals surface area contributed by atoms with Crippen molar-refractivity contribution in [2.45, 2.75) is 309 Å². The number of allylic oxidation sites excluding steroid dienone is 10. The molecule has 0 unspecified atom stereocenters. The second kappa shape index (κ2) is 57.7. The average molecular weight is 966 g/mol. The van der Waals surface area contributed by atoms with Crippen molar-refractivity contribution < 1.29 is 28.6 Å². The van der Waals surface area contributed by atoms with Gasteiger partial charge in [-0.3, -0.25) is 14.4 Å². The van der Waals surface area contributed by atoms with Crippen molar-refractivity contribution in [1.82, 2.24) is 0 Å². The second-order valence-corrected chi connectivity index (χ2v) is 19.9. The van der Waals surface area contributed by atoms with Gasteiger partial charge in [-0.25, -0.2) is 0 Å². The van der Waals surface area contributed by atoms with Crippen LogP contribution in [0.15, 0.2) is 60.8 Å². The Labute approximate surface area is 428 Å². The van der Waals surface area contributed by atoms with E-state index in [0.29, 0.717) is 19.3 Å². The first-order chi connectivity index (χ1) is 34.0. The van der Waals surface area contributed by atoms with Crippen LogP contribution in [0.5, 0.6) is 0 Å². The van der Waals surface area contributed by atoms with Crippen molar-refractivity contribution in [2.24, 2.45) is 0 Å². The topological polar surface area (TPSA) is 78.9 Å². The molecule has 6 heteroatoms. The Hall–Kier alpha value is -2.89. The first-order valence-corrected chi connectivity index (χ1v) is 29.8. The lowest BCUT2D eigenvalue weighted by Gasteiger charge is -2.18. The number of unbranched alkanes of at least 4 members (excludes halogenated alkanes) is 33. The quantitative estimate of drug-likeness (QED) is 0.0262. The van der Waals surface area contributed by atoms with Crippen molar-refractivity contribution in [1.29, 1.82) is 0 Å². The molecule has 0 rings (SSSR count). The first-order valence-electron chi connectivity index (χ1n) is 29.8. The number of rotatable bonds is 54. The monoisotopic (exact) mass is 965 g/mol. The molecule has 0 aliphatic carbocycles. The summed E-state index contributed by atoms with van der Waals surface area (Å²) in [5, 5.41) is 0. The van der Waals surface area contributed by atoms with Crippen LogP contribution in [0.25, 0.3) is 0 Å². The average Bonchev–Trinajstić information content (AvgIpc) is 3.35. The van der Waals surface area contributed by atoms with E-state index in [-0.39, 0.29) is 31.1 Å². The molecule has 0 saturated heterocycles. The number of carbonyl (C=O) groups is 3. The van der Waals surface area contributed by atoms with Gasteiger partial charge in [0.25, 0.3) is 0 Å². The largest absolute Gasteiger partial charge is 0.462 e. The molecule has 0 aromatic carbocycles. The molecule has 0 aromatic rings. The van der Waals surface area contributed by atoms with E-state index >= 15 is 0 Å². The van der Waals surface area contributed by atoms with E-state index in [1.807, 2.05) is 0 Å². The molecule has 0 radical (unpaired) electrons.